The van der Waals surface area contributed by atoms with E-state index in [1.165, 1.54) is 11.3 Å². The van der Waals surface area contributed by atoms with Crippen LogP contribution in [0.4, 0.5) is 10.9 Å². The van der Waals surface area contributed by atoms with Crippen LogP contribution in [-0.2, 0) is 0 Å². The molecule has 118 valence electrons. The summed E-state index contributed by atoms with van der Waals surface area (Å²) in [5.41, 5.74) is 5.49. The van der Waals surface area contributed by atoms with E-state index in [9.17, 15) is 4.79 Å². The Morgan fingerprint density at radius 2 is 2.19 bits per heavy atom. The van der Waals surface area contributed by atoms with Gasteiger partial charge in [0.2, 0.25) is 0 Å². The summed E-state index contributed by atoms with van der Waals surface area (Å²) in [5, 5.41) is 12.9. The van der Waals surface area contributed by atoms with Gasteiger partial charge >= 0.3 is 0 Å². The summed E-state index contributed by atoms with van der Waals surface area (Å²) in [6.07, 6.45) is 3.58. The second-order valence-electron chi connectivity index (χ2n) is 5.75. The fraction of sp³-hybridized carbons (Fsp3) is 0.714. The van der Waals surface area contributed by atoms with Gasteiger partial charge in [-0.1, -0.05) is 18.3 Å². The zero-order valence-corrected chi connectivity index (χ0v) is 13.5. The number of thiazole rings is 1. The van der Waals surface area contributed by atoms with E-state index < -0.39 is 5.54 Å². The van der Waals surface area contributed by atoms with E-state index in [1.54, 1.807) is 0 Å². The number of nitrogens with two attached hydrogens (primary N) is 1. The van der Waals surface area contributed by atoms with E-state index in [0.29, 0.717) is 17.1 Å². The van der Waals surface area contributed by atoms with Crippen LogP contribution in [0.2, 0.25) is 0 Å². The minimum Gasteiger partial charge on any atom is -0.396 e. The molecule has 1 aliphatic rings. The molecule has 0 bridgehead atoms. The number of anilines is 2. The molecule has 0 saturated carbocycles. The highest BCUT2D eigenvalue weighted by Gasteiger charge is 2.27. The molecule has 6 nitrogen and oxygen atoms in total. The Morgan fingerprint density at radius 1 is 1.52 bits per heavy atom. The number of aliphatic hydroxyl groups excluding tert-OH is 1. The summed E-state index contributed by atoms with van der Waals surface area (Å²) >= 11 is 1.35. The van der Waals surface area contributed by atoms with Crippen LogP contribution < -0.4 is 16.0 Å². The number of nitrogens with zero attached hydrogens (tertiary/aromatic N) is 2. The van der Waals surface area contributed by atoms with Gasteiger partial charge in [0.25, 0.3) is 5.91 Å². The third-order valence-corrected chi connectivity index (χ3v) is 5.21. The lowest BCUT2D eigenvalue weighted by Gasteiger charge is -2.28. The van der Waals surface area contributed by atoms with Crippen molar-refractivity contribution in [1.29, 1.82) is 0 Å². The Balaban J connectivity index is 2.11. The first-order valence-electron chi connectivity index (χ1n) is 7.43. The van der Waals surface area contributed by atoms with Crippen LogP contribution >= 0.6 is 11.3 Å². The summed E-state index contributed by atoms with van der Waals surface area (Å²) in [6.45, 7) is 5.92. The standard InChI is InChI=1S/C14H24N4O2S/c1-3-14(2,6-9-19)17-12(20)10-11(15)16-13(21-10)18-7-4-5-8-18/h19H,3-9,15H2,1-2H3,(H,17,20). The molecular formula is C14H24N4O2S. The van der Waals surface area contributed by atoms with Crippen molar-refractivity contribution in [2.75, 3.05) is 30.3 Å². The second-order valence-corrected chi connectivity index (χ2v) is 6.72. The average molecular weight is 312 g/mol. The molecule has 1 aliphatic heterocycles. The number of hydrogen-bond acceptors (Lipinski definition) is 6. The third-order valence-electron chi connectivity index (χ3n) is 4.08. The predicted molar refractivity (Wildman–Crippen MR) is 85.8 cm³/mol. The van der Waals surface area contributed by atoms with Crippen LogP contribution in [0.5, 0.6) is 0 Å². The Hall–Kier alpha value is -1.34. The van der Waals surface area contributed by atoms with Crippen molar-refractivity contribution in [3.63, 3.8) is 0 Å². The number of aliphatic hydroxyl groups is 1. The molecule has 0 spiro atoms. The van der Waals surface area contributed by atoms with E-state index in [0.717, 1.165) is 37.5 Å². The van der Waals surface area contributed by atoms with E-state index in [-0.39, 0.29) is 12.5 Å². The molecular weight excluding hydrogens is 288 g/mol. The monoisotopic (exact) mass is 312 g/mol. The van der Waals surface area contributed by atoms with Gasteiger partial charge in [0, 0.05) is 25.2 Å². The molecule has 4 N–H and O–H groups in total. The van der Waals surface area contributed by atoms with Gasteiger partial charge in [-0.15, -0.1) is 0 Å². The van der Waals surface area contributed by atoms with Crippen LogP contribution in [0.1, 0.15) is 49.2 Å². The van der Waals surface area contributed by atoms with Gasteiger partial charge in [-0.3, -0.25) is 4.79 Å². The minimum absolute atomic E-state index is 0.0435. The summed E-state index contributed by atoms with van der Waals surface area (Å²) in [6, 6.07) is 0. The van der Waals surface area contributed by atoms with Gasteiger partial charge < -0.3 is 21.1 Å². The molecule has 2 heterocycles. The summed E-state index contributed by atoms with van der Waals surface area (Å²) < 4.78 is 0. The fourth-order valence-electron chi connectivity index (χ4n) is 2.43. The Labute approximate surface area is 129 Å². The highest BCUT2D eigenvalue weighted by atomic mass is 32.1. The van der Waals surface area contributed by atoms with Crippen LogP contribution in [0, 0.1) is 0 Å². The van der Waals surface area contributed by atoms with E-state index in [2.05, 4.69) is 15.2 Å². The van der Waals surface area contributed by atoms with Crippen molar-refractivity contribution in [1.82, 2.24) is 10.3 Å². The lowest BCUT2D eigenvalue weighted by atomic mass is 9.95. The molecule has 1 fully saturated rings. The summed E-state index contributed by atoms with van der Waals surface area (Å²) in [7, 11) is 0. The van der Waals surface area contributed by atoms with Crippen molar-refractivity contribution in [2.45, 2.75) is 45.1 Å². The van der Waals surface area contributed by atoms with Crippen molar-refractivity contribution < 1.29 is 9.90 Å². The van der Waals surface area contributed by atoms with Gasteiger partial charge in [-0.2, -0.15) is 0 Å². The Kier molecular flexibility index (Phi) is 5.05. The largest absolute Gasteiger partial charge is 0.396 e. The van der Waals surface area contributed by atoms with Crippen molar-refractivity contribution >= 4 is 28.2 Å². The number of rotatable bonds is 6. The second kappa shape index (κ2) is 6.62. The summed E-state index contributed by atoms with van der Waals surface area (Å²) in [4.78, 5) is 19.4. The number of carbonyl (C=O) groups excluding carboxylic acids is 1. The molecule has 21 heavy (non-hydrogen) atoms. The number of carbonyl (C=O) groups is 1. The molecule has 1 amide bonds. The third kappa shape index (κ3) is 3.65. The van der Waals surface area contributed by atoms with Crippen LogP contribution in [0.25, 0.3) is 0 Å². The van der Waals surface area contributed by atoms with Crippen LogP contribution in [0.15, 0.2) is 0 Å². The van der Waals surface area contributed by atoms with Gasteiger partial charge in [-0.05, 0) is 32.6 Å². The van der Waals surface area contributed by atoms with Gasteiger partial charge in [0.05, 0.1) is 0 Å². The number of amides is 1. The van der Waals surface area contributed by atoms with E-state index in [1.807, 2.05) is 13.8 Å². The molecule has 1 unspecified atom stereocenters. The first kappa shape index (κ1) is 16.0. The van der Waals surface area contributed by atoms with Gasteiger partial charge in [0.15, 0.2) is 5.13 Å². The zero-order chi connectivity index (χ0) is 15.5. The highest BCUT2D eigenvalue weighted by molar-refractivity contribution is 7.18. The average Bonchev–Trinajstić information content (AvgIpc) is 3.07. The number of nitrogens with one attached hydrogen (secondary N) is 1. The van der Waals surface area contributed by atoms with Crippen molar-refractivity contribution in [2.24, 2.45) is 0 Å². The number of hydrogen-bond donors (Lipinski definition) is 3. The van der Waals surface area contributed by atoms with Crippen molar-refractivity contribution in [3.8, 4) is 0 Å². The van der Waals surface area contributed by atoms with Crippen LogP contribution in [0.3, 0.4) is 0 Å². The fourth-order valence-corrected chi connectivity index (χ4v) is 3.36. The quantitative estimate of drug-likeness (QED) is 0.742. The molecule has 0 aliphatic carbocycles. The Bertz CT molecular complexity index is 499. The number of nitrogen functional groups attached to an aromatic ring is 1. The highest BCUT2D eigenvalue weighted by Crippen LogP contribution is 2.30. The molecule has 7 heteroatoms. The van der Waals surface area contributed by atoms with Gasteiger partial charge in [0.1, 0.15) is 10.7 Å². The topological polar surface area (TPSA) is 91.5 Å². The normalized spacial score (nSPS) is 17.8. The molecule has 1 saturated heterocycles. The molecule has 0 radical (unpaired) electrons. The lowest BCUT2D eigenvalue weighted by Crippen LogP contribution is -2.46. The summed E-state index contributed by atoms with van der Waals surface area (Å²) in [5.74, 6) is 0.0927. The predicted octanol–water partition coefficient (Wildman–Crippen LogP) is 1.61. The maximum Gasteiger partial charge on any atom is 0.265 e. The first-order valence-corrected chi connectivity index (χ1v) is 8.25. The van der Waals surface area contributed by atoms with Gasteiger partial charge in [-0.25, -0.2) is 4.98 Å². The molecule has 1 aromatic rings. The molecule has 1 aromatic heterocycles. The SMILES string of the molecule is CCC(C)(CCO)NC(=O)c1sc(N2CCCC2)nc1N. The van der Waals surface area contributed by atoms with E-state index >= 15 is 0 Å². The van der Waals surface area contributed by atoms with Crippen molar-refractivity contribution in [3.05, 3.63) is 4.88 Å². The Morgan fingerprint density at radius 3 is 2.76 bits per heavy atom. The zero-order valence-electron chi connectivity index (χ0n) is 12.7. The number of aromatic nitrogens is 1. The first-order chi connectivity index (χ1) is 9.99. The van der Waals surface area contributed by atoms with E-state index in [4.69, 9.17) is 10.8 Å². The molecule has 1 atom stereocenters. The van der Waals surface area contributed by atoms with Crippen LogP contribution in [-0.4, -0.2) is 41.2 Å². The lowest BCUT2D eigenvalue weighted by molar-refractivity contribution is 0.0891. The molecule has 0 aromatic carbocycles. The minimum atomic E-state index is -0.421. The maximum absolute atomic E-state index is 12.4. The smallest absolute Gasteiger partial charge is 0.265 e. The molecule has 2 rings (SSSR count). The maximum atomic E-state index is 12.4.